The third-order valence-electron chi connectivity index (χ3n) is 5.73. The maximum absolute atomic E-state index is 14.2. The largest absolute Gasteiger partial charge is 0.507 e. The molecule has 186 valence electrons. The number of benzene rings is 2. The van der Waals surface area contributed by atoms with Crippen molar-refractivity contribution in [1.82, 2.24) is 4.98 Å². The van der Waals surface area contributed by atoms with E-state index in [9.17, 15) is 23.9 Å². The summed E-state index contributed by atoms with van der Waals surface area (Å²) in [5.74, 6) is -2.94. The molecule has 2 heterocycles. The summed E-state index contributed by atoms with van der Waals surface area (Å²) >= 11 is 0.883. The SMILES string of the molecule is CCOC(=O)c1sc(N2C(=O)C(=O)/C(=C(/O)c3ccc(OC)c(C)c3)[C@H]2c2cccc(F)c2)nc1C. The second-order valence-corrected chi connectivity index (χ2v) is 9.02. The van der Waals surface area contributed by atoms with E-state index >= 15 is 0 Å². The van der Waals surface area contributed by atoms with Crippen LogP contribution in [0.15, 0.2) is 48.0 Å². The van der Waals surface area contributed by atoms with Crippen molar-refractivity contribution in [3.63, 3.8) is 0 Å². The van der Waals surface area contributed by atoms with Crippen LogP contribution >= 0.6 is 11.3 Å². The van der Waals surface area contributed by atoms with Gasteiger partial charge in [-0.1, -0.05) is 23.5 Å². The molecule has 1 aliphatic rings. The number of hydrogen-bond donors (Lipinski definition) is 1. The predicted octanol–water partition coefficient (Wildman–Crippen LogP) is 4.71. The van der Waals surface area contributed by atoms with Crippen molar-refractivity contribution >= 4 is 39.9 Å². The number of ketones is 1. The number of amides is 1. The minimum Gasteiger partial charge on any atom is -0.507 e. The number of aryl methyl sites for hydroxylation is 2. The van der Waals surface area contributed by atoms with Crippen LogP contribution in [0.25, 0.3) is 5.76 Å². The molecular formula is C26H23FN2O6S. The van der Waals surface area contributed by atoms with Crippen LogP contribution in [0.1, 0.15) is 45.0 Å². The highest BCUT2D eigenvalue weighted by Crippen LogP contribution is 2.44. The third-order valence-corrected chi connectivity index (χ3v) is 6.87. The fourth-order valence-electron chi connectivity index (χ4n) is 4.07. The molecule has 1 amide bonds. The molecule has 0 aliphatic carbocycles. The summed E-state index contributed by atoms with van der Waals surface area (Å²) in [5, 5.41) is 11.3. The highest BCUT2D eigenvalue weighted by molar-refractivity contribution is 7.17. The smallest absolute Gasteiger partial charge is 0.350 e. The summed E-state index contributed by atoms with van der Waals surface area (Å²) in [5.41, 5.74) is 1.34. The van der Waals surface area contributed by atoms with Gasteiger partial charge in [-0.15, -0.1) is 0 Å². The lowest BCUT2D eigenvalue weighted by Crippen LogP contribution is -2.29. The van der Waals surface area contributed by atoms with E-state index in [1.54, 1.807) is 45.0 Å². The molecule has 2 aromatic carbocycles. The van der Waals surface area contributed by atoms with Crippen molar-refractivity contribution in [2.45, 2.75) is 26.8 Å². The number of Topliss-reactive ketones (excluding diaryl/α,β-unsaturated/α-hetero) is 1. The minimum absolute atomic E-state index is 0.0527. The molecule has 3 aromatic rings. The number of carbonyl (C=O) groups excluding carboxylic acids is 3. The van der Waals surface area contributed by atoms with Gasteiger partial charge in [0.1, 0.15) is 22.2 Å². The first kappa shape index (κ1) is 25.1. The molecule has 36 heavy (non-hydrogen) atoms. The Hall–Kier alpha value is -4.05. The molecule has 1 atom stereocenters. The van der Waals surface area contributed by atoms with Crippen LogP contribution < -0.4 is 9.64 Å². The quantitative estimate of drug-likeness (QED) is 0.222. The first-order valence-corrected chi connectivity index (χ1v) is 11.9. The molecule has 1 fully saturated rings. The third kappa shape index (κ3) is 4.35. The lowest BCUT2D eigenvalue weighted by atomic mass is 9.95. The maximum atomic E-state index is 14.2. The van der Waals surface area contributed by atoms with Crippen LogP contribution in [0.5, 0.6) is 5.75 Å². The number of esters is 1. The van der Waals surface area contributed by atoms with Gasteiger partial charge in [0.05, 0.1) is 31.0 Å². The molecule has 1 saturated heterocycles. The van der Waals surface area contributed by atoms with E-state index in [0.29, 0.717) is 17.0 Å². The van der Waals surface area contributed by atoms with Crippen LogP contribution in [0, 0.1) is 19.7 Å². The fourth-order valence-corrected chi connectivity index (χ4v) is 5.06. The highest BCUT2D eigenvalue weighted by atomic mass is 32.1. The minimum atomic E-state index is -1.18. The molecule has 1 N–H and O–H groups in total. The van der Waals surface area contributed by atoms with Gasteiger partial charge in [-0.05, 0) is 62.2 Å². The van der Waals surface area contributed by atoms with Crippen molar-refractivity contribution in [2.24, 2.45) is 0 Å². The molecule has 0 unspecified atom stereocenters. The Morgan fingerprint density at radius 3 is 2.58 bits per heavy atom. The van der Waals surface area contributed by atoms with Crippen molar-refractivity contribution in [1.29, 1.82) is 0 Å². The molecule has 0 saturated carbocycles. The average Bonchev–Trinajstić information content (AvgIpc) is 3.35. The van der Waals surface area contributed by atoms with Crippen molar-refractivity contribution in [3.8, 4) is 5.75 Å². The number of rotatable bonds is 6. The summed E-state index contributed by atoms with van der Waals surface area (Å²) in [4.78, 5) is 44.5. The van der Waals surface area contributed by atoms with E-state index < -0.39 is 35.3 Å². The number of aromatic nitrogens is 1. The van der Waals surface area contributed by atoms with Gasteiger partial charge in [0.15, 0.2) is 5.13 Å². The normalized spacial score (nSPS) is 16.9. The number of thiazole rings is 1. The number of halogens is 1. The zero-order chi connectivity index (χ0) is 26.1. The Morgan fingerprint density at radius 2 is 1.94 bits per heavy atom. The fraction of sp³-hybridized carbons (Fsp3) is 0.231. The number of anilines is 1. The van der Waals surface area contributed by atoms with Crippen LogP contribution in [0.4, 0.5) is 9.52 Å². The number of aliphatic hydroxyl groups excluding tert-OH is 1. The molecule has 4 rings (SSSR count). The van der Waals surface area contributed by atoms with E-state index in [2.05, 4.69) is 4.98 Å². The number of aliphatic hydroxyl groups is 1. The number of ether oxygens (including phenoxy) is 2. The number of methoxy groups -OCH3 is 1. The van der Waals surface area contributed by atoms with Crippen LogP contribution in [-0.4, -0.2) is 41.5 Å². The number of hydrogen-bond acceptors (Lipinski definition) is 8. The van der Waals surface area contributed by atoms with E-state index in [-0.39, 0.29) is 33.3 Å². The second-order valence-electron chi connectivity index (χ2n) is 8.04. The number of nitrogens with zero attached hydrogens (tertiary/aromatic N) is 2. The Kier molecular flexibility index (Phi) is 6.89. The van der Waals surface area contributed by atoms with Gasteiger partial charge in [0.25, 0.3) is 5.78 Å². The molecule has 1 aliphatic heterocycles. The zero-order valence-electron chi connectivity index (χ0n) is 20.0. The van der Waals surface area contributed by atoms with Crippen LogP contribution in [-0.2, 0) is 14.3 Å². The van der Waals surface area contributed by atoms with Crippen molar-refractivity contribution in [3.05, 3.63) is 81.1 Å². The summed E-state index contributed by atoms with van der Waals surface area (Å²) in [6.07, 6.45) is 0. The molecule has 0 spiro atoms. The van der Waals surface area contributed by atoms with Gasteiger partial charge in [-0.3, -0.25) is 14.5 Å². The summed E-state index contributed by atoms with van der Waals surface area (Å²) in [6, 6.07) is 9.04. The van der Waals surface area contributed by atoms with Gasteiger partial charge in [0, 0.05) is 5.56 Å². The Labute approximate surface area is 210 Å². The zero-order valence-corrected chi connectivity index (χ0v) is 20.8. The maximum Gasteiger partial charge on any atom is 0.350 e. The van der Waals surface area contributed by atoms with Gasteiger partial charge >= 0.3 is 11.9 Å². The van der Waals surface area contributed by atoms with Crippen LogP contribution in [0.2, 0.25) is 0 Å². The molecule has 8 nitrogen and oxygen atoms in total. The lowest BCUT2D eigenvalue weighted by molar-refractivity contribution is -0.132. The van der Waals surface area contributed by atoms with E-state index in [1.165, 1.54) is 25.3 Å². The average molecular weight is 511 g/mol. The molecule has 0 radical (unpaired) electrons. The summed E-state index contributed by atoms with van der Waals surface area (Å²) in [6.45, 7) is 5.17. The lowest BCUT2D eigenvalue weighted by Gasteiger charge is -2.23. The molecule has 10 heteroatoms. The van der Waals surface area contributed by atoms with E-state index in [1.807, 2.05) is 0 Å². The topological polar surface area (TPSA) is 106 Å². The van der Waals surface area contributed by atoms with Gasteiger partial charge < -0.3 is 14.6 Å². The first-order chi connectivity index (χ1) is 17.2. The van der Waals surface area contributed by atoms with Gasteiger partial charge in [-0.25, -0.2) is 14.2 Å². The number of carbonyl (C=O) groups is 3. The molecule has 1 aromatic heterocycles. The Bertz CT molecular complexity index is 1410. The Morgan fingerprint density at radius 1 is 1.19 bits per heavy atom. The monoisotopic (exact) mass is 510 g/mol. The van der Waals surface area contributed by atoms with E-state index in [4.69, 9.17) is 9.47 Å². The summed E-state index contributed by atoms with van der Waals surface area (Å²) in [7, 11) is 1.51. The summed E-state index contributed by atoms with van der Waals surface area (Å²) < 4.78 is 24.6. The highest BCUT2D eigenvalue weighted by Gasteiger charge is 2.48. The van der Waals surface area contributed by atoms with Crippen molar-refractivity contribution < 1.29 is 33.4 Å². The molecule has 0 bridgehead atoms. The standard InChI is InChI=1S/C26H23FN2O6S/c1-5-35-25(33)23-14(3)28-26(36-23)29-20(15-7-6-8-17(27)12-15)19(22(31)24(29)32)21(30)16-9-10-18(34-4)13(2)11-16/h6-12,20,30H,5H2,1-4H3/b21-19+/t20-/m1/s1. The van der Waals surface area contributed by atoms with Gasteiger partial charge in [0.2, 0.25) is 0 Å². The van der Waals surface area contributed by atoms with Gasteiger partial charge in [-0.2, -0.15) is 0 Å². The molecular weight excluding hydrogens is 487 g/mol. The second kappa shape index (κ2) is 9.90. The van der Waals surface area contributed by atoms with Crippen molar-refractivity contribution in [2.75, 3.05) is 18.6 Å². The van der Waals surface area contributed by atoms with Crippen LogP contribution in [0.3, 0.4) is 0 Å². The first-order valence-electron chi connectivity index (χ1n) is 11.0. The van der Waals surface area contributed by atoms with E-state index in [0.717, 1.165) is 16.2 Å². The Balaban J connectivity index is 1.92. The predicted molar refractivity (Wildman–Crippen MR) is 132 cm³/mol.